The second-order valence-electron chi connectivity index (χ2n) is 13.5. The molecule has 4 rings (SSSR count). The molecule has 1 aliphatic heterocycles. The summed E-state index contributed by atoms with van der Waals surface area (Å²) in [6.45, 7) is 20.5. The van der Waals surface area contributed by atoms with Crippen molar-refractivity contribution in [2.75, 3.05) is 18.0 Å². The summed E-state index contributed by atoms with van der Waals surface area (Å²) in [4.78, 5) is 7.77. The highest BCUT2D eigenvalue weighted by molar-refractivity contribution is 6.03. The largest absolute Gasteiger partial charge is 0.344 e. The number of hydrogen-bond acceptors (Lipinski definition) is 2. The number of fused-ring (bicyclic) bond motifs is 1. The van der Waals surface area contributed by atoms with E-state index in [1.54, 1.807) is 5.57 Å². The minimum Gasteiger partial charge on any atom is -0.344 e. The van der Waals surface area contributed by atoms with Crippen molar-refractivity contribution in [2.45, 2.75) is 118 Å². The molecule has 1 aliphatic carbocycles. The van der Waals surface area contributed by atoms with Gasteiger partial charge in [0, 0.05) is 41.0 Å². The number of allylic oxidation sites excluding steroid dienone is 8. The summed E-state index contributed by atoms with van der Waals surface area (Å²) in [6.07, 6.45) is 18.9. The predicted molar refractivity (Wildman–Crippen MR) is 190 cm³/mol. The van der Waals surface area contributed by atoms with Crippen LogP contribution in [0.3, 0.4) is 0 Å². The summed E-state index contributed by atoms with van der Waals surface area (Å²) >= 11 is 0. The smallest absolute Gasteiger partial charge is 0.0450 e. The molecule has 2 heteroatoms. The molecule has 0 bridgehead atoms. The van der Waals surface area contributed by atoms with Gasteiger partial charge in [-0.3, -0.25) is 4.99 Å². The Morgan fingerprint density at radius 1 is 0.907 bits per heavy atom. The number of unbranched alkanes of at least 4 members (excludes halogenated alkanes) is 2. The first kappa shape index (κ1) is 32.8. The molecule has 0 atom stereocenters. The number of aryl methyl sites for hydroxylation is 1. The van der Waals surface area contributed by atoms with E-state index in [4.69, 9.17) is 4.99 Å². The van der Waals surface area contributed by atoms with Crippen LogP contribution in [0.5, 0.6) is 0 Å². The third-order valence-electron chi connectivity index (χ3n) is 9.61. The predicted octanol–water partition coefficient (Wildman–Crippen LogP) is 11.4. The Morgan fingerprint density at radius 2 is 1.63 bits per heavy atom. The number of nitrogens with zero attached hydrogens (tertiary/aromatic N) is 2. The summed E-state index contributed by atoms with van der Waals surface area (Å²) in [6, 6.07) is 17.8. The second kappa shape index (κ2) is 14.6. The Morgan fingerprint density at radius 3 is 2.35 bits per heavy atom. The monoisotopic (exact) mass is 576 g/mol. The highest BCUT2D eigenvalue weighted by atomic mass is 15.2. The van der Waals surface area contributed by atoms with E-state index in [0.717, 1.165) is 45.2 Å². The lowest BCUT2D eigenvalue weighted by Gasteiger charge is -2.28. The van der Waals surface area contributed by atoms with Crippen molar-refractivity contribution in [2.24, 2.45) is 4.99 Å². The molecule has 0 N–H and O–H groups in total. The molecule has 2 aliphatic rings. The molecule has 230 valence electrons. The van der Waals surface area contributed by atoms with Crippen molar-refractivity contribution >= 4 is 11.4 Å². The third kappa shape index (κ3) is 7.17. The zero-order chi connectivity index (χ0) is 31.0. The van der Waals surface area contributed by atoms with Gasteiger partial charge in [0.1, 0.15) is 0 Å². The van der Waals surface area contributed by atoms with E-state index in [0.29, 0.717) is 0 Å². The summed E-state index contributed by atoms with van der Waals surface area (Å²) in [5.74, 6) is 0. The molecular weight excluding hydrogens is 520 g/mol. The minimum atomic E-state index is -0.145. The molecule has 43 heavy (non-hydrogen) atoms. The van der Waals surface area contributed by atoms with Crippen LogP contribution in [0.25, 0.3) is 0 Å². The first-order valence-corrected chi connectivity index (χ1v) is 17.0. The van der Waals surface area contributed by atoms with Crippen molar-refractivity contribution in [1.82, 2.24) is 0 Å². The van der Waals surface area contributed by atoms with Gasteiger partial charge in [-0.1, -0.05) is 122 Å². The molecule has 0 fully saturated rings. The maximum absolute atomic E-state index is 5.19. The van der Waals surface area contributed by atoms with Crippen LogP contribution < -0.4 is 4.90 Å². The number of benzene rings is 2. The van der Waals surface area contributed by atoms with Crippen LogP contribution >= 0.6 is 0 Å². The standard InChI is InChI=1S/C41H56N2/c1-9-12-29-42-38(40(5,6)35-20-15-14-19-31(35)4)27-25-32-23-24-33(34(32)18-11-3)26-28-39-41(7,8)36-21-16-17-22-37(36)43(39)30-13-10-2/h14-17,19-22,25-28H,9-13,18,23-24,29-30H2,1-8H3/b27-25+,33-26+,39-28+,42-38+. The Kier molecular flexibility index (Phi) is 11.1. The quantitative estimate of drug-likeness (QED) is 0.171. The SMILES string of the molecule is CCCC/N=C(\C=C\C1=C(CCC)C(=C/C=C2/N(CCCC)c3ccccc3C2(C)C)/CC1)C(C)(C)c1ccccc1C. The summed E-state index contributed by atoms with van der Waals surface area (Å²) in [5, 5.41) is 0. The van der Waals surface area contributed by atoms with Crippen LogP contribution in [0.4, 0.5) is 5.69 Å². The summed E-state index contributed by atoms with van der Waals surface area (Å²) in [7, 11) is 0. The Hall–Kier alpha value is -3.13. The first-order chi connectivity index (χ1) is 20.7. The number of para-hydroxylation sites is 1. The van der Waals surface area contributed by atoms with E-state index in [9.17, 15) is 0 Å². The number of hydrogen-bond donors (Lipinski definition) is 0. The molecule has 0 radical (unpaired) electrons. The Bertz CT molecular complexity index is 1410. The average Bonchev–Trinajstić information content (AvgIpc) is 3.47. The lowest BCUT2D eigenvalue weighted by Crippen LogP contribution is -2.29. The van der Waals surface area contributed by atoms with Crippen molar-refractivity contribution < 1.29 is 0 Å². The van der Waals surface area contributed by atoms with E-state index >= 15 is 0 Å². The van der Waals surface area contributed by atoms with Gasteiger partial charge >= 0.3 is 0 Å². The van der Waals surface area contributed by atoms with Gasteiger partial charge in [-0.2, -0.15) is 0 Å². The maximum Gasteiger partial charge on any atom is 0.0450 e. The topological polar surface area (TPSA) is 15.6 Å². The molecule has 0 amide bonds. The fourth-order valence-electron chi connectivity index (χ4n) is 7.00. The fourth-order valence-corrected chi connectivity index (χ4v) is 7.00. The maximum atomic E-state index is 5.19. The van der Waals surface area contributed by atoms with Gasteiger partial charge in [0.15, 0.2) is 0 Å². The Balaban J connectivity index is 1.70. The number of aliphatic imine (C=N–C) groups is 1. The van der Waals surface area contributed by atoms with Gasteiger partial charge in [0.25, 0.3) is 0 Å². The van der Waals surface area contributed by atoms with E-state index in [-0.39, 0.29) is 10.8 Å². The molecule has 0 saturated carbocycles. The lowest BCUT2D eigenvalue weighted by molar-refractivity contribution is 0.624. The molecule has 0 aromatic heterocycles. The van der Waals surface area contributed by atoms with Gasteiger partial charge in [0.05, 0.1) is 0 Å². The van der Waals surface area contributed by atoms with Gasteiger partial charge in [-0.25, -0.2) is 0 Å². The van der Waals surface area contributed by atoms with E-state index in [1.807, 2.05) is 0 Å². The molecular formula is C41H56N2. The molecule has 2 aromatic rings. The molecule has 0 unspecified atom stereocenters. The zero-order valence-electron chi connectivity index (χ0n) is 28.4. The molecule has 0 saturated heterocycles. The normalized spacial score (nSPS) is 19.0. The number of rotatable bonds is 13. The van der Waals surface area contributed by atoms with Crippen LogP contribution in [-0.4, -0.2) is 18.8 Å². The van der Waals surface area contributed by atoms with Crippen LogP contribution in [0.15, 0.2) is 100 Å². The minimum absolute atomic E-state index is 0.00235. The first-order valence-electron chi connectivity index (χ1n) is 17.0. The van der Waals surface area contributed by atoms with Gasteiger partial charge in [-0.15, -0.1) is 0 Å². The highest BCUT2D eigenvalue weighted by Gasteiger charge is 2.39. The van der Waals surface area contributed by atoms with Gasteiger partial charge < -0.3 is 4.90 Å². The van der Waals surface area contributed by atoms with Crippen LogP contribution in [0, 0.1) is 6.92 Å². The van der Waals surface area contributed by atoms with Crippen LogP contribution in [-0.2, 0) is 10.8 Å². The van der Waals surface area contributed by atoms with E-state index < -0.39 is 0 Å². The third-order valence-corrected chi connectivity index (χ3v) is 9.61. The average molecular weight is 577 g/mol. The van der Waals surface area contributed by atoms with Crippen molar-refractivity contribution in [3.63, 3.8) is 0 Å². The number of anilines is 1. The van der Waals surface area contributed by atoms with Crippen molar-refractivity contribution in [3.8, 4) is 0 Å². The molecule has 1 heterocycles. The van der Waals surface area contributed by atoms with Crippen LogP contribution in [0.1, 0.15) is 117 Å². The van der Waals surface area contributed by atoms with Gasteiger partial charge in [-0.05, 0) is 90.7 Å². The summed E-state index contributed by atoms with van der Waals surface area (Å²) in [5.41, 5.74) is 12.6. The van der Waals surface area contributed by atoms with Crippen molar-refractivity contribution in [3.05, 3.63) is 112 Å². The highest BCUT2D eigenvalue weighted by Crippen LogP contribution is 2.48. The fraction of sp³-hybridized carbons (Fsp3) is 0.488. The van der Waals surface area contributed by atoms with E-state index in [1.165, 1.54) is 64.2 Å². The van der Waals surface area contributed by atoms with Crippen LogP contribution in [0.2, 0.25) is 0 Å². The van der Waals surface area contributed by atoms with Crippen molar-refractivity contribution in [1.29, 1.82) is 0 Å². The molecule has 0 spiro atoms. The second-order valence-corrected chi connectivity index (χ2v) is 13.5. The zero-order valence-corrected chi connectivity index (χ0v) is 28.4. The molecule has 2 aromatic carbocycles. The molecule has 2 nitrogen and oxygen atoms in total. The van der Waals surface area contributed by atoms with Gasteiger partial charge in [0.2, 0.25) is 0 Å². The summed E-state index contributed by atoms with van der Waals surface area (Å²) < 4.78 is 0. The lowest BCUT2D eigenvalue weighted by atomic mass is 9.77. The Labute approximate surface area is 263 Å². The van der Waals surface area contributed by atoms with E-state index in [2.05, 4.69) is 133 Å².